The standard InChI is InChI=1S/C24H28O3/c1-23(2,3)19-14-17(15-20(21(19)25)24(4,5)6)9-7-8-16-10-12-18(13-11-16)22(26)27/h10-15,25H,9H2,1-6H3,(H,26,27). The maximum Gasteiger partial charge on any atom is 0.335 e. The fourth-order valence-corrected chi connectivity index (χ4v) is 2.88. The van der Waals surface area contributed by atoms with E-state index in [0.29, 0.717) is 12.2 Å². The van der Waals surface area contributed by atoms with Crippen molar-refractivity contribution in [2.45, 2.75) is 58.8 Å². The largest absolute Gasteiger partial charge is 0.507 e. The number of phenolic OH excluding ortho intramolecular Hbond substituents is 1. The van der Waals surface area contributed by atoms with Crippen molar-refractivity contribution < 1.29 is 15.0 Å². The lowest BCUT2D eigenvalue weighted by atomic mass is 9.78. The second kappa shape index (κ2) is 7.48. The SMILES string of the molecule is CC(C)(C)c1cc(CC#Cc2ccc(C(=O)O)cc2)cc(C(C)(C)C)c1O. The Morgan fingerprint density at radius 2 is 1.41 bits per heavy atom. The molecule has 0 atom stereocenters. The number of aromatic hydroxyl groups is 1. The van der Waals surface area contributed by atoms with E-state index < -0.39 is 5.97 Å². The molecule has 0 radical (unpaired) electrons. The Bertz CT molecular complexity index is 861. The molecule has 0 unspecified atom stereocenters. The van der Waals surface area contributed by atoms with Gasteiger partial charge in [0.1, 0.15) is 5.75 Å². The number of rotatable bonds is 2. The summed E-state index contributed by atoms with van der Waals surface area (Å²) in [6.07, 6.45) is 0.563. The molecule has 0 aliphatic carbocycles. The average molecular weight is 364 g/mol. The average Bonchev–Trinajstić information content (AvgIpc) is 2.54. The molecule has 3 heteroatoms. The quantitative estimate of drug-likeness (QED) is 0.713. The highest BCUT2D eigenvalue weighted by Crippen LogP contribution is 2.39. The first-order valence-corrected chi connectivity index (χ1v) is 9.08. The van der Waals surface area contributed by atoms with Gasteiger partial charge in [-0.15, -0.1) is 0 Å². The van der Waals surface area contributed by atoms with Crippen LogP contribution in [0.4, 0.5) is 0 Å². The molecule has 0 spiro atoms. The van der Waals surface area contributed by atoms with Crippen molar-refractivity contribution in [2.24, 2.45) is 0 Å². The Labute approximate surface area is 162 Å². The lowest BCUT2D eigenvalue weighted by Crippen LogP contribution is -2.17. The normalized spacial score (nSPS) is 11.6. The third-order valence-electron chi connectivity index (χ3n) is 4.44. The third kappa shape index (κ3) is 5.14. The number of hydrogen-bond acceptors (Lipinski definition) is 2. The fraction of sp³-hybridized carbons (Fsp3) is 0.375. The van der Waals surface area contributed by atoms with Gasteiger partial charge in [-0.3, -0.25) is 0 Å². The monoisotopic (exact) mass is 364 g/mol. The first kappa shape index (κ1) is 20.6. The zero-order chi connectivity index (χ0) is 20.4. The molecule has 2 rings (SSSR count). The molecule has 2 aromatic carbocycles. The maximum absolute atomic E-state index is 10.9. The predicted molar refractivity (Wildman–Crippen MR) is 109 cm³/mol. The molecule has 0 bridgehead atoms. The van der Waals surface area contributed by atoms with Crippen LogP contribution in [0.1, 0.15) is 74.2 Å². The number of benzene rings is 2. The van der Waals surface area contributed by atoms with Gasteiger partial charge in [0.2, 0.25) is 0 Å². The van der Waals surface area contributed by atoms with Gasteiger partial charge < -0.3 is 10.2 Å². The van der Waals surface area contributed by atoms with Crippen molar-refractivity contribution in [2.75, 3.05) is 0 Å². The third-order valence-corrected chi connectivity index (χ3v) is 4.44. The van der Waals surface area contributed by atoms with E-state index in [0.717, 1.165) is 22.3 Å². The van der Waals surface area contributed by atoms with Crippen LogP contribution in [0.15, 0.2) is 36.4 Å². The summed E-state index contributed by atoms with van der Waals surface area (Å²) in [6, 6.07) is 10.6. The topological polar surface area (TPSA) is 57.5 Å². The molecule has 0 fully saturated rings. The molecule has 0 amide bonds. The maximum atomic E-state index is 10.9. The molecule has 0 saturated heterocycles. The van der Waals surface area contributed by atoms with Crippen LogP contribution in [-0.4, -0.2) is 16.2 Å². The van der Waals surface area contributed by atoms with Gasteiger partial charge in [-0.1, -0.05) is 65.5 Å². The lowest BCUT2D eigenvalue weighted by molar-refractivity contribution is 0.0697. The second-order valence-corrected chi connectivity index (χ2v) is 8.90. The van der Waals surface area contributed by atoms with Gasteiger partial charge >= 0.3 is 5.97 Å². The van der Waals surface area contributed by atoms with Crippen molar-refractivity contribution in [3.8, 4) is 17.6 Å². The highest BCUT2D eigenvalue weighted by atomic mass is 16.4. The Morgan fingerprint density at radius 3 is 1.81 bits per heavy atom. The van der Waals surface area contributed by atoms with E-state index in [4.69, 9.17) is 5.11 Å². The molecule has 27 heavy (non-hydrogen) atoms. The first-order valence-electron chi connectivity index (χ1n) is 9.08. The van der Waals surface area contributed by atoms with Crippen molar-refractivity contribution in [1.82, 2.24) is 0 Å². The van der Waals surface area contributed by atoms with Crippen molar-refractivity contribution in [3.63, 3.8) is 0 Å². The number of carbonyl (C=O) groups is 1. The molecule has 0 heterocycles. The molecule has 0 aliphatic heterocycles. The van der Waals surface area contributed by atoms with Gasteiger partial charge in [-0.05, 0) is 51.8 Å². The van der Waals surface area contributed by atoms with Crippen LogP contribution < -0.4 is 0 Å². The van der Waals surface area contributed by atoms with E-state index in [1.165, 1.54) is 0 Å². The van der Waals surface area contributed by atoms with Crippen LogP contribution in [-0.2, 0) is 17.3 Å². The minimum atomic E-state index is -0.942. The number of hydrogen-bond donors (Lipinski definition) is 2. The number of carboxylic acid groups (broad SMARTS) is 1. The van der Waals surface area contributed by atoms with Crippen LogP contribution in [0.25, 0.3) is 0 Å². The fourth-order valence-electron chi connectivity index (χ4n) is 2.88. The highest BCUT2D eigenvalue weighted by molar-refractivity contribution is 5.87. The molecule has 142 valence electrons. The van der Waals surface area contributed by atoms with Gasteiger partial charge in [-0.2, -0.15) is 0 Å². The molecular weight excluding hydrogens is 336 g/mol. The summed E-state index contributed by atoms with van der Waals surface area (Å²) in [4.78, 5) is 10.9. The van der Waals surface area contributed by atoms with Crippen molar-refractivity contribution in [1.29, 1.82) is 0 Å². The Morgan fingerprint density at radius 1 is 0.926 bits per heavy atom. The van der Waals surface area contributed by atoms with Crippen LogP contribution in [0.5, 0.6) is 5.75 Å². The van der Waals surface area contributed by atoms with E-state index in [1.807, 2.05) is 12.1 Å². The van der Waals surface area contributed by atoms with Gasteiger partial charge in [0.05, 0.1) is 5.56 Å². The summed E-state index contributed by atoms with van der Waals surface area (Å²) in [5.41, 5.74) is 3.63. The molecule has 3 nitrogen and oxygen atoms in total. The van der Waals surface area contributed by atoms with Crippen LogP contribution in [0.3, 0.4) is 0 Å². The Kier molecular flexibility index (Phi) is 5.70. The summed E-state index contributed by atoms with van der Waals surface area (Å²) in [7, 11) is 0. The summed E-state index contributed by atoms with van der Waals surface area (Å²) < 4.78 is 0. The van der Waals surface area contributed by atoms with E-state index in [2.05, 4.69) is 53.4 Å². The van der Waals surface area contributed by atoms with E-state index >= 15 is 0 Å². The molecule has 2 aromatic rings. The number of aromatic carboxylic acids is 1. The number of carboxylic acids is 1. The summed E-state index contributed by atoms with van der Waals surface area (Å²) >= 11 is 0. The zero-order valence-corrected chi connectivity index (χ0v) is 17.0. The summed E-state index contributed by atoms with van der Waals surface area (Å²) in [6.45, 7) is 12.5. The van der Waals surface area contributed by atoms with Crippen LogP contribution in [0.2, 0.25) is 0 Å². The molecule has 0 saturated carbocycles. The van der Waals surface area contributed by atoms with E-state index in [1.54, 1.807) is 24.3 Å². The summed E-state index contributed by atoms with van der Waals surface area (Å²) in [5.74, 6) is 5.68. The highest BCUT2D eigenvalue weighted by Gasteiger charge is 2.26. The summed E-state index contributed by atoms with van der Waals surface area (Å²) in [5, 5.41) is 19.7. The predicted octanol–water partition coefficient (Wildman–Crippen LogP) is 5.28. The van der Waals surface area contributed by atoms with Gasteiger partial charge in [-0.25, -0.2) is 4.79 Å². The molecule has 2 N–H and O–H groups in total. The van der Waals surface area contributed by atoms with Gasteiger partial charge in [0, 0.05) is 12.0 Å². The van der Waals surface area contributed by atoms with Crippen LogP contribution in [0, 0.1) is 11.8 Å². The number of phenols is 1. The first-order chi connectivity index (χ1) is 12.4. The minimum absolute atomic E-state index is 0.166. The smallest absolute Gasteiger partial charge is 0.335 e. The van der Waals surface area contributed by atoms with Crippen molar-refractivity contribution >= 4 is 5.97 Å². The Hall–Kier alpha value is -2.73. The Balaban J connectivity index is 2.35. The lowest BCUT2D eigenvalue weighted by Gasteiger charge is -2.28. The van der Waals surface area contributed by atoms with Crippen LogP contribution >= 0.6 is 0 Å². The van der Waals surface area contributed by atoms with E-state index in [9.17, 15) is 9.90 Å². The minimum Gasteiger partial charge on any atom is -0.507 e. The van der Waals surface area contributed by atoms with Gasteiger partial charge in [0.25, 0.3) is 0 Å². The molecule has 0 aromatic heterocycles. The molecule has 0 aliphatic rings. The van der Waals surface area contributed by atoms with E-state index in [-0.39, 0.29) is 16.4 Å². The van der Waals surface area contributed by atoms with Gasteiger partial charge in [0.15, 0.2) is 0 Å². The zero-order valence-electron chi connectivity index (χ0n) is 17.0. The molecular formula is C24H28O3. The second-order valence-electron chi connectivity index (χ2n) is 8.90. The van der Waals surface area contributed by atoms with Crippen molar-refractivity contribution in [3.05, 3.63) is 64.2 Å².